The normalized spacial score (nSPS) is 17.0. The number of nitrogens with zero attached hydrogens (tertiary/aromatic N) is 4. The molecule has 5 heteroatoms. The number of rotatable bonds is 7. The second-order valence-electron chi connectivity index (χ2n) is 7.29. The number of anilines is 4. The van der Waals surface area contributed by atoms with Gasteiger partial charge in [0.1, 0.15) is 5.82 Å². The van der Waals surface area contributed by atoms with Crippen molar-refractivity contribution in [3.8, 4) is 0 Å². The van der Waals surface area contributed by atoms with Gasteiger partial charge in [0.05, 0.1) is 0 Å². The quantitative estimate of drug-likeness (QED) is 0.734. The first-order valence-electron chi connectivity index (χ1n) is 10.4. The van der Waals surface area contributed by atoms with Gasteiger partial charge in [-0.15, -0.1) is 0 Å². The fraction of sp³-hybridized carbons (Fsp3) is 0.545. The molecule has 0 radical (unpaired) electrons. The van der Waals surface area contributed by atoms with Crippen molar-refractivity contribution >= 4 is 23.1 Å². The highest BCUT2D eigenvalue weighted by Crippen LogP contribution is 2.27. The maximum absolute atomic E-state index is 4.83. The molecule has 1 aliphatic heterocycles. The standard InChI is InChI=1S/C22H33N5/c1-5-19-10-8-9-15-27(19)21-16-17(4)23-22(25-21)24-18-11-13-20(14-12-18)26(6-2)7-3/h11-14,16,19H,5-10,15H2,1-4H3,(H,23,24,25). The first-order valence-corrected chi connectivity index (χ1v) is 10.4. The number of hydrogen-bond donors (Lipinski definition) is 1. The fourth-order valence-electron chi connectivity index (χ4n) is 3.96. The maximum Gasteiger partial charge on any atom is 0.229 e. The summed E-state index contributed by atoms with van der Waals surface area (Å²) in [5, 5.41) is 3.39. The van der Waals surface area contributed by atoms with Crippen LogP contribution in [0.4, 0.5) is 23.1 Å². The Hall–Kier alpha value is -2.30. The highest BCUT2D eigenvalue weighted by molar-refractivity contribution is 5.60. The summed E-state index contributed by atoms with van der Waals surface area (Å²) in [6.45, 7) is 11.8. The Balaban J connectivity index is 1.78. The van der Waals surface area contributed by atoms with Gasteiger partial charge in [-0.05, 0) is 70.7 Å². The predicted octanol–water partition coefficient (Wildman–Crippen LogP) is 5.14. The van der Waals surface area contributed by atoms with E-state index in [2.05, 4.69) is 71.2 Å². The highest BCUT2D eigenvalue weighted by Gasteiger charge is 2.22. The van der Waals surface area contributed by atoms with Crippen molar-refractivity contribution in [2.75, 3.05) is 34.8 Å². The van der Waals surface area contributed by atoms with Gasteiger partial charge in [0.15, 0.2) is 0 Å². The van der Waals surface area contributed by atoms with Crippen LogP contribution in [-0.4, -0.2) is 35.6 Å². The topological polar surface area (TPSA) is 44.3 Å². The second kappa shape index (κ2) is 9.07. The van der Waals surface area contributed by atoms with Crippen LogP contribution in [0.2, 0.25) is 0 Å². The van der Waals surface area contributed by atoms with E-state index in [0.29, 0.717) is 12.0 Å². The molecule has 0 spiro atoms. The summed E-state index contributed by atoms with van der Waals surface area (Å²) < 4.78 is 0. The van der Waals surface area contributed by atoms with Crippen LogP contribution >= 0.6 is 0 Å². The lowest BCUT2D eigenvalue weighted by molar-refractivity contribution is 0.446. The van der Waals surface area contributed by atoms with Crippen LogP contribution in [0.1, 0.15) is 52.1 Å². The molecule has 0 aliphatic carbocycles. The third kappa shape index (κ3) is 4.71. The van der Waals surface area contributed by atoms with Gasteiger partial charge in [0, 0.05) is 48.8 Å². The zero-order valence-electron chi connectivity index (χ0n) is 17.2. The van der Waals surface area contributed by atoms with E-state index in [4.69, 9.17) is 4.98 Å². The van der Waals surface area contributed by atoms with E-state index < -0.39 is 0 Å². The smallest absolute Gasteiger partial charge is 0.229 e. The first kappa shape index (κ1) is 19.5. The Kier molecular flexibility index (Phi) is 6.54. The molecule has 1 N–H and O–H groups in total. The summed E-state index contributed by atoms with van der Waals surface area (Å²) in [5.41, 5.74) is 3.27. The molecule has 146 valence electrons. The van der Waals surface area contributed by atoms with Gasteiger partial charge in [-0.3, -0.25) is 0 Å². The predicted molar refractivity (Wildman–Crippen MR) is 115 cm³/mol. The molecule has 1 unspecified atom stereocenters. The number of piperidine rings is 1. The van der Waals surface area contributed by atoms with Gasteiger partial charge in [-0.2, -0.15) is 4.98 Å². The zero-order chi connectivity index (χ0) is 19.2. The molecule has 2 heterocycles. The molecule has 0 bridgehead atoms. The van der Waals surface area contributed by atoms with Crippen molar-refractivity contribution in [2.24, 2.45) is 0 Å². The van der Waals surface area contributed by atoms with E-state index in [9.17, 15) is 0 Å². The maximum atomic E-state index is 4.83. The number of nitrogens with one attached hydrogen (secondary N) is 1. The van der Waals surface area contributed by atoms with Gasteiger partial charge in [-0.25, -0.2) is 4.98 Å². The summed E-state index contributed by atoms with van der Waals surface area (Å²) in [4.78, 5) is 14.2. The van der Waals surface area contributed by atoms with Crippen molar-refractivity contribution < 1.29 is 0 Å². The molecule has 5 nitrogen and oxygen atoms in total. The molecule has 2 aromatic rings. The highest BCUT2D eigenvalue weighted by atomic mass is 15.2. The Bertz CT molecular complexity index is 724. The molecular formula is C22H33N5. The lowest BCUT2D eigenvalue weighted by Crippen LogP contribution is -2.39. The molecule has 27 heavy (non-hydrogen) atoms. The molecule has 1 aromatic carbocycles. The molecule has 0 amide bonds. The number of aryl methyl sites for hydroxylation is 1. The number of hydrogen-bond acceptors (Lipinski definition) is 5. The molecule has 3 rings (SSSR count). The summed E-state index contributed by atoms with van der Waals surface area (Å²) in [6.07, 6.45) is 4.99. The minimum atomic E-state index is 0.592. The zero-order valence-corrected chi connectivity index (χ0v) is 17.2. The summed E-state index contributed by atoms with van der Waals surface area (Å²) >= 11 is 0. The van der Waals surface area contributed by atoms with E-state index in [1.165, 1.54) is 31.4 Å². The van der Waals surface area contributed by atoms with Crippen LogP contribution in [0.5, 0.6) is 0 Å². The van der Waals surface area contributed by atoms with Crippen LogP contribution in [0.3, 0.4) is 0 Å². The van der Waals surface area contributed by atoms with Gasteiger partial charge < -0.3 is 15.1 Å². The number of benzene rings is 1. The Morgan fingerprint density at radius 3 is 2.48 bits per heavy atom. The van der Waals surface area contributed by atoms with E-state index in [1.54, 1.807) is 0 Å². The average molecular weight is 368 g/mol. The fourth-order valence-corrected chi connectivity index (χ4v) is 3.96. The molecule has 1 fully saturated rings. The molecule has 1 aliphatic rings. The van der Waals surface area contributed by atoms with Gasteiger partial charge >= 0.3 is 0 Å². The largest absolute Gasteiger partial charge is 0.372 e. The minimum Gasteiger partial charge on any atom is -0.372 e. The van der Waals surface area contributed by atoms with Crippen LogP contribution in [0.15, 0.2) is 30.3 Å². The monoisotopic (exact) mass is 367 g/mol. The lowest BCUT2D eigenvalue weighted by atomic mass is 10.00. The summed E-state index contributed by atoms with van der Waals surface area (Å²) in [5.74, 6) is 1.73. The molecule has 0 saturated carbocycles. The van der Waals surface area contributed by atoms with E-state index >= 15 is 0 Å². The van der Waals surface area contributed by atoms with Crippen LogP contribution in [-0.2, 0) is 0 Å². The van der Waals surface area contributed by atoms with Crippen molar-refractivity contribution in [3.05, 3.63) is 36.0 Å². The molecule has 1 saturated heterocycles. The van der Waals surface area contributed by atoms with Crippen LogP contribution < -0.4 is 15.1 Å². The molecular weight excluding hydrogens is 334 g/mol. The third-order valence-corrected chi connectivity index (χ3v) is 5.49. The van der Waals surface area contributed by atoms with Crippen molar-refractivity contribution in [1.29, 1.82) is 0 Å². The average Bonchev–Trinajstić information content (AvgIpc) is 2.69. The third-order valence-electron chi connectivity index (χ3n) is 5.49. The Morgan fingerprint density at radius 1 is 1.07 bits per heavy atom. The minimum absolute atomic E-state index is 0.592. The van der Waals surface area contributed by atoms with Crippen molar-refractivity contribution in [1.82, 2.24) is 9.97 Å². The van der Waals surface area contributed by atoms with E-state index in [0.717, 1.165) is 36.8 Å². The van der Waals surface area contributed by atoms with E-state index in [-0.39, 0.29) is 0 Å². The lowest BCUT2D eigenvalue weighted by Gasteiger charge is -2.36. The van der Waals surface area contributed by atoms with E-state index in [1.807, 2.05) is 6.92 Å². The summed E-state index contributed by atoms with van der Waals surface area (Å²) in [7, 11) is 0. The Labute approximate surface area is 163 Å². The molecule has 1 atom stereocenters. The van der Waals surface area contributed by atoms with Crippen molar-refractivity contribution in [2.45, 2.75) is 59.4 Å². The summed E-state index contributed by atoms with van der Waals surface area (Å²) in [6, 6.07) is 11.2. The second-order valence-corrected chi connectivity index (χ2v) is 7.29. The van der Waals surface area contributed by atoms with Gasteiger partial charge in [-0.1, -0.05) is 6.92 Å². The number of aromatic nitrogens is 2. The van der Waals surface area contributed by atoms with Crippen molar-refractivity contribution in [3.63, 3.8) is 0 Å². The Morgan fingerprint density at radius 2 is 1.81 bits per heavy atom. The first-order chi connectivity index (χ1) is 13.1. The van der Waals surface area contributed by atoms with Crippen LogP contribution in [0, 0.1) is 6.92 Å². The van der Waals surface area contributed by atoms with Crippen LogP contribution in [0.25, 0.3) is 0 Å². The molecule has 1 aromatic heterocycles. The SMILES string of the molecule is CCC1CCCCN1c1cc(C)nc(Nc2ccc(N(CC)CC)cc2)n1. The van der Waals surface area contributed by atoms with Gasteiger partial charge in [0.25, 0.3) is 0 Å². The van der Waals surface area contributed by atoms with Gasteiger partial charge in [0.2, 0.25) is 5.95 Å².